The molecule has 0 aromatic carbocycles. The zero-order chi connectivity index (χ0) is 14.1. The summed E-state index contributed by atoms with van der Waals surface area (Å²) < 4.78 is 0. The quantitative estimate of drug-likeness (QED) is 0.688. The highest BCUT2D eigenvalue weighted by Crippen LogP contribution is 2.10. The third-order valence-corrected chi connectivity index (χ3v) is 3.50. The fraction of sp³-hybridized carbons (Fsp3) is 0.800. The van der Waals surface area contributed by atoms with Gasteiger partial charge in [0.1, 0.15) is 0 Å². The van der Waals surface area contributed by atoms with E-state index in [1.54, 1.807) is 0 Å². The van der Waals surface area contributed by atoms with Crippen LogP contribution in [0.1, 0.15) is 40.0 Å². The minimum absolute atomic E-state index is 0.149. The molecule has 1 saturated heterocycles. The first-order chi connectivity index (χ1) is 9.11. The molecule has 1 heterocycles. The van der Waals surface area contributed by atoms with Crippen LogP contribution in [0.15, 0.2) is 11.6 Å². The van der Waals surface area contributed by atoms with Crippen molar-refractivity contribution in [3.05, 3.63) is 11.6 Å². The molecule has 0 unspecified atom stereocenters. The van der Waals surface area contributed by atoms with Crippen LogP contribution in [0.5, 0.6) is 0 Å². The first kappa shape index (κ1) is 16.2. The highest BCUT2D eigenvalue weighted by Gasteiger charge is 2.17. The lowest BCUT2D eigenvalue weighted by Crippen LogP contribution is -2.43. The summed E-state index contributed by atoms with van der Waals surface area (Å²) in [7, 11) is 0. The summed E-state index contributed by atoms with van der Waals surface area (Å²) in [6.45, 7) is 11.2. The molecular weight excluding hydrogens is 238 g/mol. The maximum atomic E-state index is 11.3. The van der Waals surface area contributed by atoms with Gasteiger partial charge in [0, 0.05) is 32.1 Å². The minimum atomic E-state index is 0.149. The van der Waals surface area contributed by atoms with Crippen LogP contribution >= 0.6 is 0 Å². The van der Waals surface area contributed by atoms with Gasteiger partial charge in [0.2, 0.25) is 5.91 Å². The van der Waals surface area contributed by atoms with Crippen LogP contribution in [0.25, 0.3) is 0 Å². The molecule has 0 atom stereocenters. The Morgan fingerprint density at radius 3 is 2.58 bits per heavy atom. The first-order valence-electron chi connectivity index (χ1n) is 7.47. The van der Waals surface area contributed by atoms with E-state index < -0.39 is 0 Å². The number of allylic oxidation sites excluding steroid dienone is 1. The summed E-state index contributed by atoms with van der Waals surface area (Å²) in [5, 5.41) is 6.32. The van der Waals surface area contributed by atoms with Crippen molar-refractivity contribution in [2.75, 3.05) is 32.7 Å². The van der Waals surface area contributed by atoms with Gasteiger partial charge in [0.05, 0.1) is 0 Å². The van der Waals surface area contributed by atoms with E-state index in [9.17, 15) is 4.79 Å². The van der Waals surface area contributed by atoms with Gasteiger partial charge < -0.3 is 10.6 Å². The summed E-state index contributed by atoms with van der Waals surface area (Å²) in [5.74, 6) is 0.149. The Balaban J connectivity index is 2.10. The molecule has 0 bridgehead atoms. The van der Waals surface area contributed by atoms with Gasteiger partial charge in [0.15, 0.2) is 0 Å². The van der Waals surface area contributed by atoms with E-state index in [1.165, 1.54) is 18.4 Å². The van der Waals surface area contributed by atoms with Gasteiger partial charge in [-0.2, -0.15) is 0 Å². The van der Waals surface area contributed by atoms with E-state index in [0.29, 0.717) is 12.5 Å². The van der Waals surface area contributed by atoms with Crippen LogP contribution in [0.4, 0.5) is 0 Å². The van der Waals surface area contributed by atoms with Crippen molar-refractivity contribution in [1.29, 1.82) is 0 Å². The number of nitrogens with one attached hydrogen (secondary N) is 2. The van der Waals surface area contributed by atoms with Crippen LogP contribution in [0.3, 0.4) is 0 Å². The maximum absolute atomic E-state index is 11.3. The van der Waals surface area contributed by atoms with Crippen LogP contribution < -0.4 is 10.6 Å². The van der Waals surface area contributed by atoms with Crippen molar-refractivity contribution in [2.45, 2.75) is 46.1 Å². The number of likely N-dealkylation sites (tertiary alicyclic amines) is 1. The van der Waals surface area contributed by atoms with Crippen molar-refractivity contribution in [3.8, 4) is 0 Å². The second-order valence-electron chi connectivity index (χ2n) is 5.51. The number of hydrogen-bond acceptors (Lipinski definition) is 3. The van der Waals surface area contributed by atoms with Gasteiger partial charge in [0.25, 0.3) is 0 Å². The number of carbonyl (C=O) groups is 1. The molecule has 1 aliphatic rings. The Bertz CT molecular complexity index is 290. The predicted molar refractivity (Wildman–Crippen MR) is 80.2 cm³/mol. The van der Waals surface area contributed by atoms with Gasteiger partial charge in [-0.25, -0.2) is 0 Å². The number of piperidine rings is 1. The second-order valence-corrected chi connectivity index (χ2v) is 5.51. The zero-order valence-electron chi connectivity index (χ0n) is 12.7. The van der Waals surface area contributed by atoms with Crippen molar-refractivity contribution in [3.63, 3.8) is 0 Å². The number of amides is 1. The molecule has 0 aromatic rings. The topological polar surface area (TPSA) is 44.4 Å². The normalized spacial score (nSPS) is 17.2. The van der Waals surface area contributed by atoms with Gasteiger partial charge in [-0.05, 0) is 46.7 Å². The van der Waals surface area contributed by atoms with E-state index in [-0.39, 0.29) is 5.91 Å². The monoisotopic (exact) mass is 267 g/mol. The molecule has 0 radical (unpaired) electrons. The fourth-order valence-corrected chi connectivity index (χ4v) is 2.31. The minimum Gasteiger partial charge on any atom is -0.356 e. The third kappa shape index (κ3) is 7.33. The van der Waals surface area contributed by atoms with Crippen molar-refractivity contribution in [2.24, 2.45) is 0 Å². The Labute approximate surface area is 117 Å². The molecule has 1 rings (SSSR count). The molecule has 0 saturated carbocycles. The summed E-state index contributed by atoms with van der Waals surface area (Å²) in [4.78, 5) is 13.8. The molecule has 4 nitrogen and oxygen atoms in total. The lowest BCUT2D eigenvalue weighted by Gasteiger charge is -2.31. The molecule has 1 fully saturated rings. The number of nitrogens with zero attached hydrogens (tertiary/aromatic N) is 1. The SMILES string of the molecule is CCNC(=O)CCNC1CCN(CC=C(C)C)CC1. The lowest BCUT2D eigenvalue weighted by atomic mass is 10.0. The Morgan fingerprint density at radius 1 is 1.32 bits per heavy atom. The number of hydrogen-bond donors (Lipinski definition) is 2. The molecular formula is C15H29N3O. The van der Waals surface area contributed by atoms with Gasteiger partial charge in [-0.3, -0.25) is 9.69 Å². The first-order valence-corrected chi connectivity index (χ1v) is 7.47. The molecule has 19 heavy (non-hydrogen) atoms. The predicted octanol–water partition coefficient (Wildman–Crippen LogP) is 1.53. The van der Waals surface area contributed by atoms with Crippen LogP contribution in [-0.4, -0.2) is 49.6 Å². The Kier molecular flexibility index (Phi) is 7.75. The number of rotatable bonds is 7. The van der Waals surface area contributed by atoms with E-state index in [4.69, 9.17) is 0 Å². The number of carbonyl (C=O) groups excluding carboxylic acids is 1. The van der Waals surface area contributed by atoms with Crippen molar-refractivity contribution in [1.82, 2.24) is 15.5 Å². The molecule has 0 aromatic heterocycles. The Hall–Kier alpha value is -0.870. The van der Waals surface area contributed by atoms with E-state index in [1.807, 2.05) is 6.92 Å². The largest absolute Gasteiger partial charge is 0.356 e. The molecule has 2 N–H and O–H groups in total. The van der Waals surface area contributed by atoms with E-state index >= 15 is 0 Å². The highest BCUT2D eigenvalue weighted by molar-refractivity contribution is 5.75. The van der Waals surface area contributed by atoms with Gasteiger partial charge in [-0.15, -0.1) is 0 Å². The molecule has 1 aliphatic heterocycles. The third-order valence-electron chi connectivity index (χ3n) is 3.50. The maximum Gasteiger partial charge on any atom is 0.221 e. The molecule has 1 amide bonds. The highest BCUT2D eigenvalue weighted by atomic mass is 16.1. The fourth-order valence-electron chi connectivity index (χ4n) is 2.31. The van der Waals surface area contributed by atoms with Crippen LogP contribution in [-0.2, 0) is 4.79 Å². The smallest absolute Gasteiger partial charge is 0.221 e. The second kappa shape index (κ2) is 9.10. The average Bonchev–Trinajstić information content (AvgIpc) is 2.38. The standard InChI is InChI=1S/C15H29N3O/c1-4-16-15(19)5-9-17-14-7-11-18(12-8-14)10-6-13(2)3/h6,14,17H,4-5,7-12H2,1-3H3,(H,16,19). The van der Waals surface area contributed by atoms with Gasteiger partial charge >= 0.3 is 0 Å². The summed E-state index contributed by atoms with van der Waals surface area (Å²) in [5.41, 5.74) is 1.39. The molecule has 110 valence electrons. The van der Waals surface area contributed by atoms with Crippen molar-refractivity contribution >= 4 is 5.91 Å². The van der Waals surface area contributed by atoms with Crippen LogP contribution in [0.2, 0.25) is 0 Å². The summed E-state index contributed by atoms with van der Waals surface area (Å²) >= 11 is 0. The summed E-state index contributed by atoms with van der Waals surface area (Å²) in [6, 6.07) is 0.581. The average molecular weight is 267 g/mol. The van der Waals surface area contributed by atoms with E-state index in [2.05, 4.69) is 35.5 Å². The zero-order valence-corrected chi connectivity index (χ0v) is 12.7. The van der Waals surface area contributed by atoms with Crippen LogP contribution in [0, 0.1) is 0 Å². The van der Waals surface area contributed by atoms with Crippen molar-refractivity contribution < 1.29 is 4.79 Å². The Morgan fingerprint density at radius 2 is 2.00 bits per heavy atom. The molecule has 0 spiro atoms. The van der Waals surface area contributed by atoms with Gasteiger partial charge in [-0.1, -0.05) is 11.6 Å². The molecule has 0 aliphatic carbocycles. The summed E-state index contributed by atoms with van der Waals surface area (Å²) in [6.07, 6.45) is 5.26. The van der Waals surface area contributed by atoms with E-state index in [0.717, 1.165) is 32.7 Å². The lowest BCUT2D eigenvalue weighted by molar-refractivity contribution is -0.120. The molecule has 4 heteroatoms.